The molecule has 3 rings (SSSR count). The highest BCUT2D eigenvalue weighted by Gasteiger charge is 2.25. The molecule has 1 aromatic carbocycles. The van der Waals surface area contributed by atoms with Gasteiger partial charge in [-0.1, -0.05) is 13.8 Å². The Morgan fingerprint density at radius 1 is 1.32 bits per heavy atom. The first-order valence-electron chi connectivity index (χ1n) is 7.38. The van der Waals surface area contributed by atoms with Crippen LogP contribution in [-0.2, 0) is 0 Å². The zero-order valence-corrected chi connectivity index (χ0v) is 13.4. The van der Waals surface area contributed by atoms with Crippen LogP contribution in [0, 0.1) is 11.6 Å². The van der Waals surface area contributed by atoms with Crippen LogP contribution in [0.3, 0.4) is 0 Å². The molecule has 25 heavy (non-hydrogen) atoms. The Balaban J connectivity index is 2.43. The van der Waals surface area contributed by atoms with Crippen LogP contribution in [0.5, 0.6) is 5.75 Å². The van der Waals surface area contributed by atoms with Crippen molar-refractivity contribution in [2.24, 2.45) is 5.73 Å². The van der Waals surface area contributed by atoms with Crippen molar-refractivity contribution in [1.82, 2.24) is 14.6 Å². The van der Waals surface area contributed by atoms with Gasteiger partial charge in [0.05, 0.1) is 11.3 Å². The number of hydrogen-bond donors (Lipinski definition) is 3. The molecular weight excluding hydrogens is 332 g/mol. The molecule has 3 aromatic rings. The number of nitrogens with two attached hydrogens (primary N) is 2. The normalized spacial score (nSPS) is 11.4. The molecular formula is C16H15F2N5O2. The van der Waals surface area contributed by atoms with Crippen LogP contribution in [-0.4, -0.2) is 25.6 Å². The molecule has 0 radical (unpaired) electrons. The van der Waals surface area contributed by atoms with Gasteiger partial charge in [0.15, 0.2) is 23.0 Å². The number of aromatic hydroxyl groups is 1. The van der Waals surface area contributed by atoms with Gasteiger partial charge < -0.3 is 16.6 Å². The van der Waals surface area contributed by atoms with Crippen LogP contribution >= 0.6 is 0 Å². The average molecular weight is 347 g/mol. The van der Waals surface area contributed by atoms with Crippen molar-refractivity contribution >= 4 is 17.2 Å². The Labute approximate surface area is 140 Å². The van der Waals surface area contributed by atoms with E-state index < -0.39 is 28.9 Å². The number of pyridine rings is 1. The van der Waals surface area contributed by atoms with Crippen LogP contribution < -0.4 is 11.5 Å². The Morgan fingerprint density at radius 2 is 2.00 bits per heavy atom. The van der Waals surface area contributed by atoms with E-state index in [2.05, 4.69) is 10.1 Å². The molecule has 0 saturated carbocycles. The number of primary amides is 1. The summed E-state index contributed by atoms with van der Waals surface area (Å²) < 4.78 is 29.7. The quantitative estimate of drug-likeness (QED) is 0.671. The molecule has 0 spiro atoms. The van der Waals surface area contributed by atoms with Crippen LogP contribution in [0.2, 0.25) is 0 Å². The Bertz CT molecular complexity index is 1010. The molecule has 1 amide bonds. The van der Waals surface area contributed by atoms with Gasteiger partial charge in [-0.15, -0.1) is 0 Å². The molecule has 0 fully saturated rings. The summed E-state index contributed by atoms with van der Waals surface area (Å²) in [7, 11) is 0. The first-order chi connectivity index (χ1) is 11.7. The van der Waals surface area contributed by atoms with E-state index in [1.165, 1.54) is 10.7 Å². The maximum atomic E-state index is 14.3. The van der Waals surface area contributed by atoms with Gasteiger partial charge in [-0.25, -0.2) is 18.3 Å². The number of nitrogens with zero attached hydrogens (tertiary/aromatic N) is 3. The smallest absolute Gasteiger partial charge is 0.254 e. The lowest BCUT2D eigenvalue weighted by Gasteiger charge is -2.12. The topological polar surface area (TPSA) is 120 Å². The number of benzene rings is 1. The van der Waals surface area contributed by atoms with E-state index >= 15 is 0 Å². The lowest BCUT2D eigenvalue weighted by molar-refractivity contribution is 0.100. The second kappa shape index (κ2) is 5.69. The average Bonchev–Trinajstić information content (AvgIpc) is 2.95. The molecule has 0 aliphatic heterocycles. The van der Waals surface area contributed by atoms with Gasteiger partial charge in [0.1, 0.15) is 11.4 Å². The van der Waals surface area contributed by atoms with Crippen molar-refractivity contribution in [3.8, 4) is 16.9 Å². The summed E-state index contributed by atoms with van der Waals surface area (Å²) in [5.74, 6) is -3.46. The molecule has 2 aromatic heterocycles. The van der Waals surface area contributed by atoms with Gasteiger partial charge in [-0.05, 0) is 12.1 Å². The molecule has 0 aliphatic rings. The number of phenols is 1. The third-order valence-electron chi connectivity index (χ3n) is 3.79. The van der Waals surface area contributed by atoms with Crippen molar-refractivity contribution < 1.29 is 18.7 Å². The minimum absolute atomic E-state index is 0.0560. The number of fused-ring (bicyclic) bond motifs is 1. The largest absolute Gasteiger partial charge is 0.505 e. The number of amides is 1. The van der Waals surface area contributed by atoms with E-state index in [0.29, 0.717) is 5.82 Å². The summed E-state index contributed by atoms with van der Waals surface area (Å²) >= 11 is 0. The zero-order valence-electron chi connectivity index (χ0n) is 13.4. The molecule has 0 aliphatic carbocycles. The van der Waals surface area contributed by atoms with Crippen LogP contribution in [0.4, 0.5) is 14.5 Å². The number of halogens is 2. The standard InChI is InChI=1S/C16H15F2N5O2/c1-6(2)15-21-16-11(14(20)25)13(19)7(5-23(16)22-15)10-8(17)3-4-9(24)12(10)18/h3-6,24H,19H2,1-2H3,(H2,20,25). The monoisotopic (exact) mass is 347 g/mol. The highest BCUT2D eigenvalue weighted by atomic mass is 19.1. The lowest BCUT2D eigenvalue weighted by atomic mass is 10.0. The Morgan fingerprint density at radius 3 is 2.60 bits per heavy atom. The number of aromatic nitrogens is 3. The van der Waals surface area contributed by atoms with Crippen LogP contribution in [0.1, 0.15) is 35.9 Å². The summed E-state index contributed by atoms with van der Waals surface area (Å²) in [5.41, 5.74) is 10.3. The Kier molecular flexibility index (Phi) is 3.78. The first-order valence-corrected chi connectivity index (χ1v) is 7.38. The maximum absolute atomic E-state index is 14.3. The number of carbonyl (C=O) groups is 1. The van der Waals surface area contributed by atoms with Gasteiger partial charge in [0.2, 0.25) is 0 Å². The van der Waals surface area contributed by atoms with Gasteiger partial charge in [0.25, 0.3) is 5.91 Å². The zero-order chi connectivity index (χ0) is 18.5. The number of nitrogen functional groups attached to an aromatic ring is 1. The number of carbonyl (C=O) groups excluding carboxylic acids is 1. The molecule has 7 nitrogen and oxygen atoms in total. The van der Waals surface area contributed by atoms with E-state index in [9.17, 15) is 18.7 Å². The van der Waals surface area contributed by atoms with Gasteiger partial charge in [-0.3, -0.25) is 4.79 Å². The van der Waals surface area contributed by atoms with E-state index in [1.807, 2.05) is 13.8 Å². The van der Waals surface area contributed by atoms with E-state index in [-0.39, 0.29) is 28.4 Å². The molecule has 0 unspecified atom stereocenters. The maximum Gasteiger partial charge on any atom is 0.254 e. The molecule has 5 N–H and O–H groups in total. The van der Waals surface area contributed by atoms with E-state index in [1.54, 1.807) is 0 Å². The second-order valence-electron chi connectivity index (χ2n) is 5.84. The predicted octanol–water partition coefficient (Wildman–Crippen LogP) is 2.18. The molecule has 2 heterocycles. The third kappa shape index (κ3) is 2.53. The Hall–Kier alpha value is -3.23. The van der Waals surface area contributed by atoms with Crippen molar-refractivity contribution in [3.05, 3.63) is 41.4 Å². The summed E-state index contributed by atoms with van der Waals surface area (Å²) in [6.07, 6.45) is 1.25. The summed E-state index contributed by atoms with van der Waals surface area (Å²) in [4.78, 5) is 16.1. The minimum Gasteiger partial charge on any atom is -0.505 e. The molecule has 9 heteroatoms. The van der Waals surface area contributed by atoms with Gasteiger partial charge in [0, 0.05) is 17.7 Å². The highest BCUT2D eigenvalue weighted by Crippen LogP contribution is 2.37. The summed E-state index contributed by atoms with van der Waals surface area (Å²) in [6.45, 7) is 3.69. The molecule has 130 valence electrons. The molecule has 0 atom stereocenters. The minimum atomic E-state index is -1.20. The number of anilines is 1. The van der Waals surface area contributed by atoms with E-state index in [4.69, 9.17) is 11.5 Å². The number of phenolic OH excluding ortho intramolecular Hbond substituents is 1. The number of hydrogen-bond acceptors (Lipinski definition) is 5. The van der Waals surface area contributed by atoms with Crippen molar-refractivity contribution in [1.29, 1.82) is 0 Å². The number of rotatable bonds is 3. The van der Waals surface area contributed by atoms with Crippen LogP contribution in [0.25, 0.3) is 16.8 Å². The van der Waals surface area contributed by atoms with Gasteiger partial charge in [-0.2, -0.15) is 5.10 Å². The van der Waals surface area contributed by atoms with Crippen LogP contribution in [0.15, 0.2) is 18.3 Å². The van der Waals surface area contributed by atoms with Crippen molar-refractivity contribution in [2.45, 2.75) is 19.8 Å². The fourth-order valence-electron chi connectivity index (χ4n) is 2.52. The van der Waals surface area contributed by atoms with Crippen molar-refractivity contribution in [2.75, 3.05) is 5.73 Å². The second-order valence-corrected chi connectivity index (χ2v) is 5.84. The summed E-state index contributed by atoms with van der Waals surface area (Å²) in [5, 5.41) is 13.7. The fourth-order valence-corrected chi connectivity index (χ4v) is 2.52. The first kappa shape index (κ1) is 16.6. The third-order valence-corrected chi connectivity index (χ3v) is 3.79. The van der Waals surface area contributed by atoms with Gasteiger partial charge >= 0.3 is 0 Å². The van der Waals surface area contributed by atoms with E-state index in [0.717, 1.165) is 12.1 Å². The summed E-state index contributed by atoms with van der Waals surface area (Å²) in [6, 6.07) is 1.77. The van der Waals surface area contributed by atoms with Crippen molar-refractivity contribution in [3.63, 3.8) is 0 Å². The molecule has 0 bridgehead atoms. The SMILES string of the molecule is CC(C)c1nc2c(C(N)=O)c(N)c(-c3c(F)ccc(O)c3F)cn2n1. The molecule has 0 saturated heterocycles. The lowest BCUT2D eigenvalue weighted by Crippen LogP contribution is -2.17. The fraction of sp³-hybridized carbons (Fsp3) is 0.188. The predicted molar refractivity (Wildman–Crippen MR) is 87.0 cm³/mol. The highest BCUT2D eigenvalue weighted by molar-refractivity contribution is 6.06.